The predicted molar refractivity (Wildman–Crippen MR) is 317 cm³/mol. The second-order valence-electron chi connectivity index (χ2n) is 16.0. The molecule has 2 heterocycles. The number of benzene rings is 6. The van der Waals surface area contributed by atoms with Gasteiger partial charge in [-0.25, -0.2) is 9.98 Å². The van der Waals surface area contributed by atoms with E-state index in [2.05, 4.69) is 71.0 Å². The summed E-state index contributed by atoms with van der Waals surface area (Å²) in [6, 6.07) is 15.3. The fraction of sp³-hybridized carbons (Fsp3) is 0. The summed E-state index contributed by atoms with van der Waals surface area (Å²) in [5, 5.41) is 29.7. The van der Waals surface area contributed by atoms with E-state index in [1.807, 2.05) is 0 Å². The summed E-state index contributed by atoms with van der Waals surface area (Å²) in [6.07, 6.45) is 0. The first-order chi connectivity index (χ1) is 38.0. The van der Waals surface area contributed by atoms with Crippen LogP contribution >= 0.6 is 23.2 Å². The molecule has 34 nitrogen and oxygen atoms in total. The Hall–Kier alpha value is -2.36. The standard InChI is InChI=1S/C40H29Cl2N15O19S6.6Na/c41-35-48-37(44-18-1-7-22(8-2-18)77(59,60)61)52-39(50-35)46-20-5-11-26(79(65,66)67)24(15-20)54-56-32-28(81(71,72)73)13-17-14-29(82(74,75)76)33(34(58)30(17)31(32)43)57-55-25-16-21(6-12-27(25)80(68,69)70)47-40-51-36(42)49-38(53-40)45-19-3-9-23(10-4-19)78(62,63)64;;;;;;/h1-16,58H,43H2,(H,59,60,61)(H,62,63,64)(H,65,66,67)(H,68,69,70)(H,71,72,73)(H,74,75,76)(H2,44,46,48,50,52)(H2,45,47,49,51,53);;;;;;. The number of aromatic amines is 2. The Labute approximate surface area is 639 Å². The number of hydrogen-bond acceptors (Lipinski definition) is 26. The average Bonchev–Trinajstić information content (AvgIpc) is 2.13. The molecule has 0 aliphatic carbocycles. The van der Waals surface area contributed by atoms with Crippen molar-refractivity contribution in [1.82, 2.24) is 29.9 Å². The molecule has 0 aliphatic heterocycles. The molecule has 8 aromatic rings. The van der Waals surface area contributed by atoms with Crippen LogP contribution in [0.4, 0.5) is 63.1 Å². The number of aromatic hydroxyl groups is 1. The van der Waals surface area contributed by atoms with Crippen molar-refractivity contribution >= 4 is 335 Å². The minimum atomic E-state index is -5.57. The number of halogens is 2. The summed E-state index contributed by atoms with van der Waals surface area (Å²) < 4.78 is 207. The molecule has 88 heavy (non-hydrogen) atoms. The smallest absolute Gasteiger partial charge is 0.296 e. The number of fused-ring (bicyclic) bond motifs is 1. The second kappa shape index (κ2) is 32.2. The van der Waals surface area contributed by atoms with Gasteiger partial charge in [0.2, 0.25) is 33.7 Å². The molecule has 0 saturated carbocycles. The zero-order valence-electron chi connectivity index (χ0n) is 45.5. The first-order valence-corrected chi connectivity index (χ1v) is 30.6. The average molecular weight is 1430 g/mol. The van der Waals surface area contributed by atoms with Crippen molar-refractivity contribution in [3.8, 4) is 5.75 Å². The third-order valence-electron chi connectivity index (χ3n) is 10.4. The maximum absolute atomic E-state index is 12.9. The summed E-state index contributed by atoms with van der Waals surface area (Å²) in [6.45, 7) is 0. The minimum absolute atomic E-state index is 0. The van der Waals surface area contributed by atoms with Gasteiger partial charge in [-0.05, 0) is 126 Å². The number of anilines is 5. The maximum atomic E-state index is 12.9. The van der Waals surface area contributed by atoms with E-state index in [0.29, 0.717) is 12.1 Å². The molecule has 0 amide bonds. The van der Waals surface area contributed by atoms with Crippen molar-refractivity contribution in [2.75, 3.05) is 16.4 Å². The van der Waals surface area contributed by atoms with Crippen molar-refractivity contribution in [2.24, 2.45) is 30.4 Å². The molecule has 0 bridgehead atoms. The Kier molecular flexibility index (Phi) is 29.9. The van der Waals surface area contributed by atoms with Gasteiger partial charge in [-0.2, -0.15) is 70.4 Å². The first-order valence-electron chi connectivity index (χ1n) is 21.2. The van der Waals surface area contributed by atoms with E-state index < -0.39 is 135 Å². The quantitative estimate of drug-likeness (QED) is 0.0284. The fourth-order valence-corrected chi connectivity index (χ4v) is 10.8. The van der Waals surface area contributed by atoms with Crippen LogP contribution in [0, 0.1) is 0 Å². The van der Waals surface area contributed by atoms with E-state index in [1.54, 1.807) is 0 Å². The van der Waals surface area contributed by atoms with Crippen LogP contribution in [0.5, 0.6) is 5.75 Å². The number of phenols is 1. The summed E-state index contributed by atoms with van der Waals surface area (Å²) in [4.78, 5) is 23.8. The summed E-state index contributed by atoms with van der Waals surface area (Å²) >= 11 is 12.2. The van der Waals surface area contributed by atoms with Crippen LogP contribution < -0.4 is 27.6 Å². The van der Waals surface area contributed by atoms with E-state index in [4.69, 9.17) is 28.9 Å². The summed E-state index contributed by atoms with van der Waals surface area (Å²) in [5.74, 6) is -1.87. The number of aromatic nitrogens is 6. The topological polar surface area (TPSA) is 554 Å². The van der Waals surface area contributed by atoms with Gasteiger partial charge < -0.3 is 21.5 Å². The molecular weight excluding hydrogens is 1400 g/mol. The van der Waals surface area contributed by atoms with E-state index in [9.17, 15) is 82.9 Å². The van der Waals surface area contributed by atoms with E-state index >= 15 is 0 Å². The predicted octanol–water partition coefficient (Wildman–Crippen LogP) is 3.65. The molecule has 48 heteroatoms. The number of nitrogens with one attached hydrogen (secondary N) is 4. The Morgan fingerprint density at radius 1 is 0.432 bits per heavy atom. The van der Waals surface area contributed by atoms with Crippen LogP contribution in [0.3, 0.4) is 0 Å². The van der Waals surface area contributed by atoms with Gasteiger partial charge in [0.15, 0.2) is 5.75 Å². The molecule has 0 aliphatic rings. The van der Waals surface area contributed by atoms with Crippen molar-refractivity contribution in [2.45, 2.75) is 29.4 Å². The number of rotatable bonds is 16. The largest absolute Gasteiger partial charge is 0.505 e. The van der Waals surface area contributed by atoms with Crippen molar-refractivity contribution in [3.63, 3.8) is 0 Å². The Bertz CT molecular complexity index is 4650. The zero-order chi connectivity index (χ0) is 60.1. The number of azo groups is 2. The minimum Gasteiger partial charge on any atom is -0.505 e. The van der Waals surface area contributed by atoms with Gasteiger partial charge in [0.05, 0.1) is 32.2 Å². The molecular formula is C40H29Cl2N15Na6O19S6. The SMILES string of the molecule is Nc1c(N=Nc2cc(N=c3nc(Nc4ccc(S(=O)(=O)O)cc4)nc(Cl)[nH]3)ccc2S(=O)(=O)O)c(S(=O)(=O)O)cc2cc(S(=O)(=O)O)c(N=Nc3cc(N=c4nc(Nc5ccc(S(=O)(=O)O)cc5)nc(Cl)[nH]4)ccc3S(=O)(=O)O)c(O)c12.[Na].[Na].[Na].[Na].[Na].[Na]. The third-order valence-corrected chi connectivity index (χ3v) is 16.0. The molecule has 434 valence electrons. The molecule has 6 aromatic carbocycles. The number of nitrogens with two attached hydrogens (primary N) is 1. The van der Waals surface area contributed by atoms with E-state index in [1.165, 1.54) is 24.3 Å². The molecule has 0 spiro atoms. The van der Waals surface area contributed by atoms with E-state index in [-0.39, 0.29) is 234 Å². The number of nitrogens with zero attached hydrogens (tertiary/aromatic N) is 10. The third kappa shape index (κ3) is 20.8. The van der Waals surface area contributed by atoms with Gasteiger partial charge in [0, 0.05) is 189 Å². The molecule has 6 radical (unpaired) electrons. The van der Waals surface area contributed by atoms with Gasteiger partial charge in [0.25, 0.3) is 60.7 Å². The van der Waals surface area contributed by atoms with Crippen LogP contribution in [0.2, 0.25) is 10.6 Å². The van der Waals surface area contributed by atoms with Gasteiger partial charge >= 0.3 is 0 Å². The molecule has 2 aromatic heterocycles. The first kappa shape index (κ1) is 81.7. The molecule has 0 unspecified atom stereocenters. The Balaban J connectivity index is 0.00000440. The fourth-order valence-electron chi connectivity index (χ4n) is 6.93. The number of hydrogen-bond donors (Lipinski definition) is 12. The maximum Gasteiger partial charge on any atom is 0.296 e. The molecule has 13 N–H and O–H groups in total. The van der Waals surface area contributed by atoms with E-state index in [0.717, 1.165) is 60.7 Å². The van der Waals surface area contributed by atoms with Crippen LogP contribution in [0.1, 0.15) is 0 Å². The second-order valence-corrected chi connectivity index (χ2v) is 25.1. The van der Waals surface area contributed by atoms with Gasteiger partial charge in [0.1, 0.15) is 42.3 Å². The molecule has 0 saturated heterocycles. The van der Waals surface area contributed by atoms with Crippen LogP contribution in [0.25, 0.3) is 10.8 Å². The van der Waals surface area contributed by atoms with Crippen molar-refractivity contribution < 1.29 is 82.9 Å². The van der Waals surface area contributed by atoms with Crippen LogP contribution in [0.15, 0.2) is 157 Å². The molecule has 8 rings (SSSR count). The monoisotopic (exact) mass is 1420 g/mol. The number of nitrogen functional groups attached to an aromatic ring is 1. The van der Waals surface area contributed by atoms with Gasteiger partial charge in [-0.15, -0.1) is 20.5 Å². The van der Waals surface area contributed by atoms with Crippen LogP contribution in [-0.4, -0.2) is 290 Å². The summed E-state index contributed by atoms with van der Waals surface area (Å²) in [5.41, 5.74) is 0.485. The Morgan fingerprint density at radius 3 is 1.11 bits per heavy atom. The van der Waals surface area contributed by atoms with Gasteiger partial charge in [-0.3, -0.25) is 37.3 Å². The van der Waals surface area contributed by atoms with Gasteiger partial charge in [-0.1, -0.05) is 0 Å². The Morgan fingerprint density at radius 2 is 0.773 bits per heavy atom. The number of phenolic OH excluding ortho intramolecular Hbond substituents is 1. The molecule has 0 fully saturated rings. The zero-order valence-corrected chi connectivity index (χ0v) is 63.9. The molecule has 0 atom stereocenters. The van der Waals surface area contributed by atoms with Crippen molar-refractivity contribution in [1.29, 1.82) is 0 Å². The number of H-pyrrole nitrogens is 2. The van der Waals surface area contributed by atoms with Crippen molar-refractivity contribution in [3.05, 3.63) is 119 Å². The van der Waals surface area contributed by atoms with Crippen LogP contribution in [-0.2, 0) is 60.7 Å². The normalized spacial score (nSPS) is 12.5. The summed E-state index contributed by atoms with van der Waals surface area (Å²) in [7, 11) is -30.6.